The number of furan rings is 1. The van der Waals surface area contributed by atoms with Gasteiger partial charge in [-0.1, -0.05) is 96.7 Å². The molecule has 4 heterocycles. The van der Waals surface area contributed by atoms with Crippen molar-refractivity contribution in [1.29, 1.82) is 0 Å². The van der Waals surface area contributed by atoms with E-state index in [4.69, 9.17) is 14.4 Å². The van der Waals surface area contributed by atoms with Gasteiger partial charge in [0.15, 0.2) is 5.78 Å². The van der Waals surface area contributed by atoms with Crippen LogP contribution in [0, 0.1) is 44.7 Å². The zero-order valence-electron chi connectivity index (χ0n) is 37.4. The molecular weight excluding hydrogens is 931 g/mol. The second-order valence-electron chi connectivity index (χ2n) is 16.6. The molecule has 0 spiro atoms. The standard InChI is InChI=1S/C41H37N3O.C13H24O2.Ir/c1-25(2)31-16-18-33-35(22-31)32(9-7-6-8-29-13-19-38(42-23-29)30-14-10-26(3)11-15-30)24-43-39(33)37-21-27(4)20-36-34-17-12-28(5)44-41(34)45-40(36)37;1-5-10(6-2)12(14)9-13(15)11(7-3)8-4;/h10-14,16-20,22-25H,6-9H2,1-5H3;9-11,14H,5-8H2,1-4H3;/q-2;;/b;12-9-;. The monoisotopic (exact) mass is 992 g/mol. The third kappa shape index (κ3) is 11.3. The van der Waals surface area contributed by atoms with Gasteiger partial charge in [-0.15, -0.1) is 53.1 Å². The number of carbonyl (C=O) groups excluding carboxylic acids is 1. The van der Waals surface area contributed by atoms with Crippen molar-refractivity contribution in [3.05, 3.63) is 137 Å². The summed E-state index contributed by atoms with van der Waals surface area (Å²) in [5.41, 5.74) is 12.3. The first-order chi connectivity index (χ1) is 28.9. The number of nitrogens with zero attached hydrogens (tertiary/aromatic N) is 3. The first-order valence-corrected chi connectivity index (χ1v) is 22.0. The second kappa shape index (κ2) is 21.7. The number of aliphatic hydroxyl groups is 1. The molecule has 0 aliphatic carbocycles. The van der Waals surface area contributed by atoms with Gasteiger partial charge in [0.05, 0.1) is 11.3 Å². The van der Waals surface area contributed by atoms with Gasteiger partial charge in [-0.3, -0.25) is 4.79 Å². The number of hydrogen-bond donors (Lipinski definition) is 1. The molecule has 0 saturated heterocycles. The molecule has 0 unspecified atom stereocenters. The Morgan fingerprint density at radius 3 is 2.16 bits per heavy atom. The number of hydrogen-bond acceptors (Lipinski definition) is 6. The average molecular weight is 992 g/mol. The van der Waals surface area contributed by atoms with E-state index in [2.05, 4.69) is 106 Å². The smallest absolute Gasteiger partial charge is 0.216 e. The Morgan fingerprint density at radius 2 is 1.51 bits per heavy atom. The Bertz CT molecular complexity index is 2580. The van der Waals surface area contributed by atoms with Gasteiger partial charge in [0.25, 0.3) is 0 Å². The van der Waals surface area contributed by atoms with Gasteiger partial charge in [0.2, 0.25) is 5.71 Å². The van der Waals surface area contributed by atoms with Crippen LogP contribution in [0.4, 0.5) is 0 Å². The molecule has 0 atom stereocenters. The summed E-state index contributed by atoms with van der Waals surface area (Å²) in [5.74, 6) is 0.986. The fourth-order valence-electron chi connectivity index (χ4n) is 7.98. The van der Waals surface area contributed by atoms with Gasteiger partial charge in [-0.05, 0) is 115 Å². The van der Waals surface area contributed by atoms with Crippen LogP contribution in [0.5, 0.6) is 0 Å². The van der Waals surface area contributed by atoms with E-state index in [0.717, 1.165) is 107 Å². The van der Waals surface area contributed by atoms with Crippen LogP contribution in [0.2, 0.25) is 0 Å². The maximum absolute atomic E-state index is 11.7. The molecule has 0 aliphatic rings. The van der Waals surface area contributed by atoms with Crippen molar-refractivity contribution in [1.82, 2.24) is 15.0 Å². The van der Waals surface area contributed by atoms with E-state index < -0.39 is 0 Å². The normalized spacial score (nSPS) is 11.8. The number of allylic oxidation sites excluding steroid dienone is 2. The number of rotatable bonds is 15. The van der Waals surface area contributed by atoms with Gasteiger partial charge in [0.1, 0.15) is 0 Å². The van der Waals surface area contributed by atoms with Crippen molar-refractivity contribution < 1.29 is 34.4 Å². The maximum Gasteiger partial charge on any atom is 0.216 e. The number of aliphatic hydroxyl groups excluding tert-OH is 1. The molecule has 3 aromatic carbocycles. The zero-order valence-corrected chi connectivity index (χ0v) is 39.8. The largest absolute Gasteiger partial charge is 0.512 e. The van der Waals surface area contributed by atoms with Crippen LogP contribution in [-0.4, -0.2) is 25.8 Å². The zero-order chi connectivity index (χ0) is 42.9. The van der Waals surface area contributed by atoms with E-state index in [-0.39, 0.29) is 43.5 Å². The van der Waals surface area contributed by atoms with Crippen LogP contribution >= 0.6 is 0 Å². The minimum absolute atomic E-state index is 0. The van der Waals surface area contributed by atoms with Crippen LogP contribution < -0.4 is 0 Å². The summed E-state index contributed by atoms with van der Waals surface area (Å²) in [6.07, 6.45) is 13.1. The molecule has 321 valence electrons. The number of benzene rings is 3. The van der Waals surface area contributed by atoms with Crippen molar-refractivity contribution in [3.8, 4) is 22.5 Å². The molecule has 1 radical (unpaired) electrons. The Labute approximate surface area is 376 Å². The van der Waals surface area contributed by atoms with Gasteiger partial charge in [0, 0.05) is 61.5 Å². The molecule has 0 bridgehead atoms. The number of unbranched alkanes of at least 4 members (excludes halogenated alkanes) is 1. The van der Waals surface area contributed by atoms with E-state index in [9.17, 15) is 9.90 Å². The van der Waals surface area contributed by atoms with Crippen molar-refractivity contribution in [3.63, 3.8) is 0 Å². The van der Waals surface area contributed by atoms with Gasteiger partial charge < -0.3 is 19.5 Å². The number of ketones is 1. The van der Waals surface area contributed by atoms with Gasteiger partial charge in [-0.25, -0.2) is 4.98 Å². The van der Waals surface area contributed by atoms with Crippen LogP contribution in [0.3, 0.4) is 0 Å². The van der Waals surface area contributed by atoms with Crippen molar-refractivity contribution in [2.45, 2.75) is 120 Å². The van der Waals surface area contributed by atoms with Gasteiger partial charge >= 0.3 is 0 Å². The van der Waals surface area contributed by atoms with Crippen LogP contribution in [0.15, 0.2) is 95.4 Å². The summed E-state index contributed by atoms with van der Waals surface area (Å²) in [5, 5.41) is 14.2. The molecule has 4 aromatic heterocycles. The van der Waals surface area contributed by atoms with E-state index in [1.807, 2.05) is 52.9 Å². The SMILES string of the molecule is CCC(CC)C(=O)/C=C(\O)C(CC)CC.Cc1[c-]c(-c2ncc(CCCCc3ccc(-c4[c-]cc(C)cc4)nc3)c3cc(C(C)C)ccc23)c2oc3nc(C)ccc3c2c1.[Ir]. The fraction of sp³-hybridized carbons (Fsp3) is 0.370. The number of aromatic nitrogens is 3. The van der Waals surface area contributed by atoms with Gasteiger partial charge in [-0.2, -0.15) is 0 Å². The molecule has 0 aliphatic heterocycles. The number of carbonyl (C=O) groups is 1. The molecular formula is C54H61IrN3O3-2. The summed E-state index contributed by atoms with van der Waals surface area (Å²) >= 11 is 0. The van der Waals surface area contributed by atoms with Crippen LogP contribution in [0.25, 0.3) is 55.4 Å². The van der Waals surface area contributed by atoms with E-state index >= 15 is 0 Å². The number of aryl methyl sites for hydroxylation is 5. The van der Waals surface area contributed by atoms with E-state index in [0.29, 0.717) is 11.6 Å². The van der Waals surface area contributed by atoms with E-state index in [1.54, 1.807) is 0 Å². The maximum atomic E-state index is 11.7. The average Bonchev–Trinajstić information content (AvgIpc) is 3.60. The van der Waals surface area contributed by atoms with Crippen LogP contribution in [-0.2, 0) is 37.7 Å². The third-order valence-electron chi connectivity index (χ3n) is 11.9. The summed E-state index contributed by atoms with van der Waals surface area (Å²) in [6.45, 7) is 18.7. The minimum atomic E-state index is 0. The minimum Gasteiger partial charge on any atom is -0.512 e. The van der Waals surface area contributed by atoms with Crippen LogP contribution in [0.1, 0.15) is 119 Å². The number of pyridine rings is 3. The fourth-order valence-corrected chi connectivity index (χ4v) is 7.98. The molecule has 61 heavy (non-hydrogen) atoms. The van der Waals surface area contributed by atoms with E-state index in [1.165, 1.54) is 33.7 Å². The predicted molar refractivity (Wildman–Crippen MR) is 248 cm³/mol. The predicted octanol–water partition coefficient (Wildman–Crippen LogP) is 14.3. The Hall–Kier alpha value is -4.97. The topological polar surface area (TPSA) is 89.1 Å². The third-order valence-corrected chi connectivity index (χ3v) is 11.9. The second-order valence-corrected chi connectivity index (χ2v) is 16.6. The first-order valence-electron chi connectivity index (χ1n) is 22.0. The Morgan fingerprint density at radius 1 is 0.787 bits per heavy atom. The summed E-state index contributed by atoms with van der Waals surface area (Å²) in [6, 6.07) is 30.5. The summed E-state index contributed by atoms with van der Waals surface area (Å²) < 4.78 is 6.38. The first kappa shape index (κ1) is 47.1. The Kier molecular flexibility index (Phi) is 16.8. The Balaban J connectivity index is 0.000000378. The molecule has 7 rings (SSSR count). The quantitative estimate of drug-likeness (QED) is 0.0476. The molecule has 7 aromatic rings. The summed E-state index contributed by atoms with van der Waals surface area (Å²) in [7, 11) is 0. The number of fused-ring (bicyclic) bond motifs is 4. The molecule has 0 fully saturated rings. The summed E-state index contributed by atoms with van der Waals surface area (Å²) in [4.78, 5) is 26.2. The van der Waals surface area contributed by atoms with Crippen molar-refractivity contribution >= 4 is 38.6 Å². The molecule has 0 saturated carbocycles. The molecule has 0 amide bonds. The van der Waals surface area contributed by atoms with Crippen molar-refractivity contribution in [2.75, 3.05) is 0 Å². The van der Waals surface area contributed by atoms with Crippen molar-refractivity contribution in [2.24, 2.45) is 11.8 Å². The molecule has 1 N–H and O–H groups in total. The molecule has 6 nitrogen and oxygen atoms in total. The molecule has 7 heteroatoms.